The molecule has 2 rings (SSSR count). The van der Waals surface area contributed by atoms with Crippen molar-refractivity contribution in [2.45, 2.75) is 0 Å². The van der Waals surface area contributed by atoms with E-state index < -0.39 is 0 Å². The smallest absolute Gasteiger partial charge is 0.266 e. The molecule has 4 heteroatoms. The van der Waals surface area contributed by atoms with Gasteiger partial charge >= 0.3 is 0 Å². The summed E-state index contributed by atoms with van der Waals surface area (Å²) < 4.78 is 5.59. The topological polar surface area (TPSA) is 34.9 Å². The fraction of sp³-hybridized carbons (Fsp3) is 0.111. The van der Waals surface area contributed by atoms with Gasteiger partial charge in [-0.25, -0.2) is 3.96 Å². The Kier molecular flexibility index (Phi) is 1.98. The summed E-state index contributed by atoms with van der Waals surface area (Å²) in [4.78, 5) is 11.5. The van der Waals surface area contributed by atoms with Gasteiger partial charge in [0.25, 0.3) is 5.56 Å². The van der Waals surface area contributed by atoms with Gasteiger partial charge in [0, 0.05) is 24.3 Å². The Morgan fingerprint density at radius 1 is 1.31 bits per heavy atom. The maximum absolute atomic E-state index is 11.5. The van der Waals surface area contributed by atoms with E-state index in [1.165, 1.54) is 15.7 Å². The van der Waals surface area contributed by atoms with Crippen molar-refractivity contribution < 1.29 is 0 Å². The van der Waals surface area contributed by atoms with Crippen LogP contribution in [0.5, 0.6) is 0 Å². The van der Waals surface area contributed by atoms with Gasteiger partial charge in [0.2, 0.25) is 0 Å². The molecule has 0 bridgehead atoms. The van der Waals surface area contributed by atoms with Crippen molar-refractivity contribution in [3.63, 3.8) is 0 Å². The molecule has 0 aliphatic heterocycles. The highest BCUT2D eigenvalue weighted by molar-refractivity contribution is 6.99. The SMILES string of the molecule is Cn1snc(-c2ccccc2)c1=O. The minimum Gasteiger partial charge on any atom is -0.266 e. The van der Waals surface area contributed by atoms with Crippen molar-refractivity contribution in [2.75, 3.05) is 0 Å². The molecule has 2 aromatic rings. The van der Waals surface area contributed by atoms with Crippen molar-refractivity contribution in [3.8, 4) is 11.3 Å². The van der Waals surface area contributed by atoms with Crippen LogP contribution in [0.15, 0.2) is 35.1 Å². The zero-order valence-corrected chi connectivity index (χ0v) is 7.91. The number of hydrogen-bond donors (Lipinski definition) is 0. The van der Waals surface area contributed by atoms with Gasteiger partial charge in [-0.15, -0.1) is 0 Å². The quantitative estimate of drug-likeness (QED) is 0.686. The molecule has 0 spiro atoms. The number of hydrogen-bond acceptors (Lipinski definition) is 3. The predicted octanol–water partition coefficient (Wildman–Crippen LogP) is 1.51. The average Bonchev–Trinajstić information content (AvgIpc) is 2.49. The van der Waals surface area contributed by atoms with Crippen LogP contribution in [0.25, 0.3) is 11.3 Å². The molecule has 0 atom stereocenters. The third-order valence-corrected chi connectivity index (χ3v) is 2.47. The molecular weight excluding hydrogens is 184 g/mol. The van der Waals surface area contributed by atoms with Crippen molar-refractivity contribution in [2.24, 2.45) is 7.05 Å². The van der Waals surface area contributed by atoms with Crippen LogP contribution in [-0.4, -0.2) is 8.33 Å². The summed E-state index contributed by atoms with van der Waals surface area (Å²) in [5, 5.41) is 0. The van der Waals surface area contributed by atoms with Crippen LogP contribution in [0.4, 0.5) is 0 Å². The Morgan fingerprint density at radius 3 is 2.54 bits per heavy atom. The molecule has 1 aromatic carbocycles. The highest BCUT2D eigenvalue weighted by atomic mass is 32.1. The fourth-order valence-corrected chi connectivity index (χ4v) is 1.65. The summed E-state index contributed by atoms with van der Waals surface area (Å²) in [5.41, 5.74) is 1.38. The van der Waals surface area contributed by atoms with Gasteiger partial charge in [-0.2, -0.15) is 4.37 Å². The van der Waals surface area contributed by atoms with E-state index in [2.05, 4.69) is 4.37 Å². The Bertz CT molecular complexity index is 458. The van der Waals surface area contributed by atoms with Gasteiger partial charge in [-0.05, 0) is 0 Å². The first-order valence-electron chi connectivity index (χ1n) is 3.87. The van der Waals surface area contributed by atoms with Crippen LogP contribution in [0.3, 0.4) is 0 Å². The van der Waals surface area contributed by atoms with Gasteiger partial charge in [-0.3, -0.25) is 4.79 Å². The van der Waals surface area contributed by atoms with Gasteiger partial charge < -0.3 is 0 Å². The Labute approximate surface area is 79.6 Å². The van der Waals surface area contributed by atoms with Crippen molar-refractivity contribution in [1.82, 2.24) is 8.33 Å². The van der Waals surface area contributed by atoms with E-state index in [1.807, 2.05) is 30.3 Å². The van der Waals surface area contributed by atoms with E-state index in [0.717, 1.165) is 5.56 Å². The molecule has 0 aliphatic carbocycles. The summed E-state index contributed by atoms with van der Waals surface area (Å²) in [5.74, 6) is 0. The molecule has 0 amide bonds. The Morgan fingerprint density at radius 2 is 2.00 bits per heavy atom. The lowest BCUT2D eigenvalue weighted by Crippen LogP contribution is -2.10. The second kappa shape index (κ2) is 3.14. The zero-order valence-electron chi connectivity index (χ0n) is 7.10. The molecule has 0 N–H and O–H groups in total. The molecule has 0 saturated carbocycles. The lowest BCUT2D eigenvalue weighted by molar-refractivity contribution is 0.983. The minimum absolute atomic E-state index is 0.0313. The van der Waals surface area contributed by atoms with Crippen LogP contribution >= 0.6 is 11.7 Å². The normalized spacial score (nSPS) is 10.2. The largest absolute Gasteiger partial charge is 0.288 e. The number of aromatic nitrogens is 2. The number of aryl methyl sites for hydroxylation is 1. The molecule has 0 unspecified atom stereocenters. The number of rotatable bonds is 1. The van der Waals surface area contributed by atoms with Crippen molar-refractivity contribution >= 4 is 11.7 Å². The highest BCUT2D eigenvalue weighted by Crippen LogP contribution is 2.12. The lowest BCUT2D eigenvalue weighted by atomic mass is 10.2. The summed E-state index contributed by atoms with van der Waals surface area (Å²) in [6, 6.07) is 9.48. The molecule has 66 valence electrons. The fourth-order valence-electron chi connectivity index (χ4n) is 1.10. The first-order chi connectivity index (χ1) is 6.29. The molecular formula is C9H8N2OS. The second-order valence-corrected chi connectivity index (χ2v) is 3.58. The molecule has 0 saturated heterocycles. The second-order valence-electron chi connectivity index (χ2n) is 2.69. The van der Waals surface area contributed by atoms with E-state index in [-0.39, 0.29) is 5.56 Å². The molecule has 0 aliphatic rings. The summed E-state index contributed by atoms with van der Waals surface area (Å²) in [7, 11) is 1.71. The molecule has 0 fully saturated rings. The van der Waals surface area contributed by atoms with Crippen molar-refractivity contribution in [3.05, 3.63) is 40.7 Å². The number of nitrogens with zero attached hydrogens (tertiary/aromatic N) is 2. The van der Waals surface area contributed by atoms with E-state index in [1.54, 1.807) is 7.05 Å². The van der Waals surface area contributed by atoms with Crippen LogP contribution in [0.1, 0.15) is 0 Å². The molecule has 3 nitrogen and oxygen atoms in total. The lowest BCUT2D eigenvalue weighted by Gasteiger charge is -1.91. The summed E-state index contributed by atoms with van der Waals surface area (Å²) in [6.07, 6.45) is 0. The molecule has 1 heterocycles. The molecule has 13 heavy (non-hydrogen) atoms. The summed E-state index contributed by atoms with van der Waals surface area (Å²) >= 11 is 1.18. The first-order valence-corrected chi connectivity index (χ1v) is 4.60. The zero-order chi connectivity index (χ0) is 9.26. The summed E-state index contributed by atoms with van der Waals surface area (Å²) in [6.45, 7) is 0. The predicted molar refractivity (Wildman–Crippen MR) is 52.8 cm³/mol. The Hall–Kier alpha value is -1.42. The molecule has 1 aromatic heterocycles. The average molecular weight is 192 g/mol. The first kappa shape index (κ1) is 8.19. The number of benzene rings is 1. The maximum atomic E-state index is 11.5. The third kappa shape index (κ3) is 1.40. The van der Waals surface area contributed by atoms with Crippen LogP contribution in [-0.2, 0) is 7.05 Å². The van der Waals surface area contributed by atoms with Gasteiger partial charge in [0.15, 0.2) is 5.69 Å². The van der Waals surface area contributed by atoms with Gasteiger partial charge in [0.1, 0.15) is 0 Å². The van der Waals surface area contributed by atoms with E-state index in [4.69, 9.17) is 0 Å². The highest BCUT2D eigenvalue weighted by Gasteiger charge is 2.07. The Balaban J connectivity index is 2.60. The van der Waals surface area contributed by atoms with Gasteiger partial charge in [0.05, 0.1) is 0 Å². The van der Waals surface area contributed by atoms with Crippen LogP contribution in [0, 0.1) is 0 Å². The van der Waals surface area contributed by atoms with Crippen LogP contribution < -0.4 is 5.56 Å². The van der Waals surface area contributed by atoms with Gasteiger partial charge in [-0.1, -0.05) is 30.3 Å². The van der Waals surface area contributed by atoms with E-state index in [0.29, 0.717) is 5.69 Å². The minimum atomic E-state index is -0.0313. The van der Waals surface area contributed by atoms with E-state index >= 15 is 0 Å². The van der Waals surface area contributed by atoms with E-state index in [9.17, 15) is 4.79 Å². The third-order valence-electron chi connectivity index (χ3n) is 1.79. The maximum Gasteiger partial charge on any atom is 0.288 e. The standard InChI is InChI=1S/C9H8N2OS/c1-11-9(12)8(10-13-11)7-5-3-2-4-6-7/h2-6H,1H3. The van der Waals surface area contributed by atoms with Crippen molar-refractivity contribution in [1.29, 1.82) is 0 Å². The monoisotopic (exact) mass is 192 g/mol. The molecule has 0 radical (unpaired) electrons. The van der Waals surface area contributed by atoms with Crippen LogP contribution in [0.2, 0.25) is 0 Å².